The number of pyridine rings is 1. The lowest BCUT2D eigenvalue weighted by atomic mass is 10.3. The van der Waals surface area contributed by atoms with E-state index in [2.05, 4.69) is 14.5 Å². The Kier molecular flexibility index (Phi) is 3.77. The highest BCUT2D eigenvalue weighted by atomic mass is 19.4. The number of hydrogen-bond acceptors (Lipinski definition) is 6. The third kappa shape index (κ3) is 3.43. The predicted molar refractivity (Wildman–Crippen MR) is 51.1 cm³/mol. The highest BCUT2D eigenvalue weighted by molar-refractivity contribution is 5.87. The highest BCUT2D eigenvalue weighted by Gasteiger charge is 2.37. The van der Waals surface area contributed by atoms with Crippen molar-refractivity contribution in [2.75, 3.05) is 7.11 Å². The third-order valence-electron chi connectivity index (χ3n) is 1.75. The van der Waals surface area contributed by atoms with Crippen molar-refractivity contribution < 1.29 is 37.5 Å². The average molecular weight is 282 g/mol. The van der Waals surface area contributed by atoms with Crippen molar-refractivity contribution in [1.29, 1.82) is 0 Å². The first-order chi connectivity index (χ1) is 8.65. The number of nitrogens with zero attached hydrogens (tertiary/aromatic N) is 2. The van der Waals surface area contributed by atoms with Gasteiger partial charge < -0.3 is 14.6 Å². The van der Waals surface area contributed by atoms with Crippen molar-refractivity contribution in [2.45, 2.75) is 6.36 Å². The quantitative estimate of drug-likeness (QED) is 0.659. The lowest BCUT2D eigenvalue weighted by molar-refractivity contribution is -0.389. The molecular weight excluding hydrogens is 277 g/mol. The smallest absolute Gasteiger partial charge is 0.477 e. The summed E-state index contributed by atoms with van der Waals surface area (Å²) in [4.78, 5) is 23.3. The second-order valence-corrected chi connectivity index (χ2v) is 2.97. The molecule has 0 saturated carbocycles. The van der Waals surface area contributed by atoms with Gasteiger partial charge in [-0.15, -0.1) is 13.2 Å². The van der Waals surface area contributed by atoms with Gasteiger partial charge in [0, 0.05) is 6.07 Å². The van der Waals surface area contributed by atoms with E-state index in [4.69, 9.17) is 5.11 Å². The molecule has 0 spiro atoms. The molecule has 0 aromatic carbocycles. The van der Waals surface area contributed by atoms with Crippen LogP contribution < -0.4 is 9.47 Å². The molecule has 0 atom stereocenters. The fraction of sp³-hybridized carbons (Fsp3) is 0.250. The van der Waals surface area contributed by atoms with Crippen LogP contribution in [0.25, 0.3) is 0 Å². The van der Waals surface area contributed by atoms with Gasteiger partial charge in [0.1, 0.15) is 0 Å². The van der Waals surface area contributed by atoms with Gasteiger partial charge in [-0.25, -0.2) is 4.79 Å². The molecule has 11 heteroatoms. The van der Waals surface area contributed by atoms with Crippen LogP contribution >= 0.6 is 0 Å². The fourth-order valence-corrected chi connectivity index (χ4v) is 1.11. The number of methoxy groups -OCH3 is 1. The van der Waals surface area contributed by atoms with Crippen molar-refractivity contribution in [3.63, 3.8) is 0 Å². The molecule has 104 valence electrons. The summed E-state index contributed by atoms with van der Waals surface area (Å²) in [6.07, 6.45) is -5.23. The third-order valence-corrected chi connectivity index (χ3v) is 1.75. The van der Waals surface area contributed by atoms with Gasteiger partial charge in [-0.1, -0.05) is 0 Å². The zero-order valence-electron chi connectivity index (χ0n) is 9.09. The van der Waals surface area contributed by atoms with Gasteiger partial charge in [0.25, 0.3) is 5.88 Å². The number of hydrogen-bond donors (Lipinski definition) is 1. The minimum absolute atomic E-state index is 0.288. The second kappa shape index (κ2) is 4.96. The van der Waals surface area contributed by atoms with Crippen LogP contribution in [0.4, 0.5) is 18.9 Å². The summed E-state index contributed by atoms with van der Waals surface area (Å²) in [5.41, 5.74) is -2.11. The first-order valence-corrected chi connectivity index (χ1v) is 4.38. The Hall–Kier alpha value is -2.59. The number of rotatable bonds is 4. The van der Waals surface area contributed by atoms with Crippen LogP contribution in [0.1, 0.15) is 10.5 Å². The van der Waals surface area contributed by atoms with Crippen LogP contribution in [-0.2, 0) is 0 Å². The molecule has 0 aliphatic carbocycles. The van der Waals surface area contributed by atoms with Crippen molar-refractivity contribution in [2.24, 2.45) is 0 Å². The standard InChI is InChI=1S/C8H5F3N2O6/c1-18-6-5(13(16)17)4(19-8(9,10)11)2-3(12-6)7(14)15/h2H,1H3,(H,14,15). The molecule has 8 nitrogen and oxygen atoms in total. The Morgan fingerprint density at radius 3 is 2.47 bits per heavy atom. The van der Waals surface area contributed by atoms with Gasteiger partial charge in [-0.3, -0.25) is 10.1 Å². The molecule has 0 aliphatic rings. The van der Waals surface area contributed by atoms with E-state index >= 15 is 0 Å². The van der Waals surface area contributed by atoms with E-state index < -0.39 is 40.3 Å². The topological polar surface area (TPSA) is 112 Å². The molecule has 1 rings (SSSR count). The summed E-state index contributed by atoms with van der Waals surface area (Å²) in [5, 5.41) is 19.3. The monoisotopic (exact) mass is 282 g/mol. The van der Waals surface area contributed by atoms with Crippen LogP contribution in [0, 0.1) is 10.1 Å². The average Bonchev–Trinajstić information content (AvgIpc) is 2.24. The number of nitro groups is 1. The summed E-state index contributed by atoms with van der Waals surface area (Å²) < 4.78 is 44.1. The molecular formula is C8H5F3N2O6. The normalized spacial score (nSPS) is 10.9. The van der Waals surface area contributed by atoms with Gasteiger partial charge >= 0.3 is 18.0 Å². The molecule has 0 bridgehead atoms. The van der Waals surface area contributed by atoms with E-state index in [0.29, 0.717) is 0 Å². The first kappa shape index (κ1) is 14.5. The van der Waals surface area contributed by atoms with Crippen LogP contribution in [0.15, 0.2) is 6.07 Å². The van der Waals surface area contributed by atoms with Gasteiger partial charge in [0.2, 0.25) is 5.75 Å². The van der Waals surface area contributed by atoms with Crippen molar-refractivity contribution in [3.05, 3.63) is 21.9 Å². The lowest BCUT2D eigenvalue weighted by Crippen LogP contribution is -2.19. The van der Waals surface area contributed by atoms with E-state index in [0.717, 1.165) is 7.11 Å². The first-order valence-electron chi connectivity index (χ1n) is 4.38. The number of ether oxygens (including phenoxy) is 2. The minimum atomic E-state index is -5.23. The largest absolute Gasteiger partial charge is 0.573 e. The number of aromatic nitrogens is 1. The molecule has 0 amide bonds. The number of halogens is 3. The zero-order valence-corrected chi connectivity index (χ0v) is 9.09. The van der Waals surface area contributed by atoms with Crippen LogP contribution in [0.3, 0.4) is 0 Å². The van der Waals surface area contributed by atoms with Crippen molar-refractivity contribution >= 4 is 11.7 Å². The molecule has 1 aromatic heterocycles. The summed E-state index contributed by atoms with van der Waals surface area (Å²) in [7, 11) is 0.887. The van der Waals surface area contributed by atoms with E-state index in [9.17, 15) is 28.1 Å². The van der Waals surface area contributed by atoms with Crippen LogP contribution in [-0.4, -0.2) is 34.5 Å². The highest BCUT2D eigenvalue weighted by Crippen LogP contribution is 2.38. The van der Waals surface area contributed by atoms with E-state index in [-0.39, 0.29) is 6.07 Å². The summed E-state index contributed by atoms with van der Waals surface area (Å²) in [6, 6.07) is 0.288. The van der Waals surface area contributed by atoms with Gasteiger partial charge in [0.05, 0.1) is 12.0 Å². The molecule has 19 heavy (non-hydrogen) atoms. The molecule has 1 aromatic rings. The Morgan fingerprint density at radius 2 is 2.11 bits per heavy atom. The van der Waals surface area contributed by atoms with Gasteiger partial charge in [-0.05, 0) is 0 Å². The number of aromatic carboxylic acids is 1. The zero-order chi connectivity index (χ0) is 14.8. The Morgan fingerprint density at radius 1 is 1.53 bits per heavy atom. The van der Waals surface area contributed by atoms with Crippen LogP contribution in [0.5, 0.6) is 11.6 Å². The summed E-state index contributed by atoms with van der Waals surface area (Å²) >= 11 is 0. The Labute approximate surface area is 102 Å². The van der Waals surface area contributed by atoms with Crippen molar-refractivity contribution in [1.82, 2.24) is 4.98 Å². The van der Waals surface area contributed by atoms with Gasteiger partial charge in [-0.2, -0.15) is 4.98 Å². The lowest BCUT2D eigenvalue weighted by Gasteiger charge is -2.11. The van der Waals surface area contributed by atoms with Crippen molar-refractivity contribution in [3.8, 4) is 11.6 Å². The molecule has 0 fully saturated rings. The number of carboxylic acids is 1. The van der Waals surface area contributed by atoms with Crippen LogP contribution in [0.2, 0.25) is 0 Å². The second-order valence-electron chi connectivity index (χ2n) is 2.97. The maximum absolute atomic E-state index is 12.1. The van der Waals surface area contributed by atoms with E-state index in [1.165, 1.54) is 0 Å². The maximum atomic E-state index is 12.1. The molecule has 0 aliphatic heterocycles. The number of carbonyl (C=O) groups is 1. The van der Waals surface area contributed by atoms with E-state index in [1.807, 2.05) is 0 Å². The summed E-state index contributed by atoms with van der Waals surface area (Å²) in [5.74, 6) is -3.91. The molecule has 0 unspecified atom stereocenters. The molecule has 1 N–H and O–H groups in total. The minimum Gasteiger partial charge on any atom is -0.477 e. The summed E-state index contributed by atoms with van der Waals surface area (Å²) in [6.45, 7) is 0. The SMILES string of the molecule is COc1nc(C(=O)O)cc(OC(F)(F)F)c1[N+](=O)[O-]. The molecule has 0 saturated heterocycles. The molecule has 0 radical (unpaired) electrons. The fourth-order valence-electron chi connectivity index (χ4n) is 1.11. The predicted octanol–water partition coefficient (Wildman–Crippen LogP) is 1.60. The molecule has 1 heterocycles. The Balaban J connectivity index is 3.50. The maximum Gasteiger partial charge on any atom is 0.573 e. The van der Waals surface area contributed by atoms with E-state index in [1.54, 1.807) is 0 Å². The van der Waals surface area contributed by atoms with Gasteiger partial charge in [0.15, 0.2) is 5.69 Å². The Bertz CT molecular complexity index is 530. The number of alkyl halides is 3. The number of carboxylic acid groups (broad SMARTS) is 1.